The summed E-state index contributed by atoms with van der Waals surface area (Å²) in [6.45, 7) is 4.45. The van der Waals surface area contributed by atoms with Crippen LogP contribution in [0.5, 0.6) is 0 Å². The molecule has 0 aromatic carbocycles. The number of nitrogens with zero attached hydrogens (tertiary/aromatic N) is 2. The highest BCUT2D eigenvalue weighted by atomic mass is 35.5. The number of aryl methyl sites for hydroxylation is 1. The molecule has 0 spiro atoms. The van der Waals surface area contributed by atoms with Crippen LogP contribution in [0.3, 0.4) is 0 Å². The van der Waals surface area contributed by atoms with E-state index >= 15 is 0 Å². The van der Waals surface area contributed by atoms with Gasteiger partial charge in [-0.15, -0.1) is 0 Å². The highest BCUT2D eigenvalue weighted by Crippen LogP contribution is 2.26. The summed E-state index contributed by atoms with van der Waals surface area (Å²) in [4.78, 5) is 8.78. The SMILES string of the molecule is CCCc1nc(Cl)cc(NC2CCCC(C)C2)n1. The van der Waals surface area contributed by atoms with Crippen molar-refractivity contribution >= 4 is 17.4 Å². The van der Waals surface area contributed by atoms with E-state index < -0.39 is 0 Å². The molecule has 18 heavy (non-hydrogen) atoms. The highest BCUT2D eigenvalue weighted by Gasteiger charge is 2.19. The molecule has 1 heterocycles. The van der Waals surface area contributed by atoms with E-state index in [1.54, 1.807) is 0 Å². The molecule has 0 saturated heterocycles. The Balaban J connectivity index is 2.03. The molecule has 2 rings (SSSR count). The smallest absolute Gasteiger partial charge is 0.134 e. The monoisotopic (exact) mass is 267 g/mol. The molecule has 2 unspecified atom stereocenters. The summed E-state index contributed by atoms with van der Waals surface area (Å²) >= 11 is 6.04. The van der Waals surface area contributed by atoms with Gasteiger partial charge in [0.2, 0.25) is 0 Å². The van der Waals surface area contributed by atoms with E-state index in [2.05, 4.69) is 29.1 Å². The zero-order valence-electron chi connectivity index (χ0n) is 11.2. The maximum atomic E-state index is 6.04. The fourth-order valence-electron chi connectivity index (χ4n) is 2.65. The molecule has 1 aromatic rings. The van der Waals surface area contributed by atoms with Gasteiger partial charge in [0, 0.05) is 18.5 Å². The molecule has 1 saturated carbocycles. The standard InChI is InChI=1S/C14H22ClN3/c1-3-5-13-17-12(15)9-14(18-13)16-11-7-4-6-10(2)8-11/h9-11H,3-8H2,1-2H3,(H,16,17,18). The summed E-state index contributed by atoms with van der Waals surface area (Å²) in [6.07, 6.45) is 7.04. The number of nitrogens with one attached hydrogen (secondary N) is 1. The molecule has 100 valence electrons. The van der Waals surface area contributed by atoms with Crippen molar-refractivity contribution in [2.24, 2.45) is 5.92 Å². The van der Waals surface area contributed by atoms with E-state index in [1.807, 2.05) is 6.07 Å². The topological polar surface area (TPSA) is 37.8 Å². The van der Waals surface area contributed by atoms with Gasteiger partial charge in [-0.05, 0) is 25.2 Å². The Kier molecular flexibility index (Phi) is 4.81. The van der Waals surface area contributed by atoms with Crippen molar-refractivity contribution in [1.29, 1.82) is 0 Å². The zero-order valence-corrected chi connectivity index (χ0v) is 12.0. The summed E-state index contributed by atoms with van der Waals surface area (Å²) in [5.41, 5.74) is 0. The molecular weight excluding hydrogens is 246 g/mol. The number of halogens is 1. The second kappa shape index (κ2) is 6.37. The molecule has 1 aromatic heterocycles. The molecule has 1 N–H and O–H groups in total. The Morgan fingerprint density at radius 2 is 2.22 bits per heavy atom. The first kappa shape index (κ1) is 13.6. The Morgan fingerprint density at radius 3 is 2.94 bits per heavy atom. The van der Waals surface area contributed by atoms with Gasteiger partial charge in [-0.25, -0.2) is 9.97 Å². The van der Waals surface area contributed by atoms with Crippen molar-refractivity contribution in [2.45, 2.75) is 58.4 Å². The van der Waals surface area contributed by atoms with E-state index in [0.717, 1.165) is 30.4 Å². The van der Waals surface area contributed by atoms with Crippen LogP contribution in [-0.4, -0.2) is 16.0 Å². The Labute approximate surface area is 114 Å². The molecule has 0 bridgehead atoms. The van der Waals surface area contributed by atoms with Gasteiger partial charge in [-0.1, -0.05) is 38.3 Å². The predicted octanol–water partition coefficient (Wildman–Crippen LogP) is 4.07. The minimum atomic E-state index is 0.536. The molecule has 2 atom stereocenters. The third-order valence-electron chi connectivity index (χ3n) is 3.50. The minimum absolute atomic E-state index is 0.536. The molecule has 0 radical (unpaired) electrons. The van der Waals surface area contributed by atoms with Gasteiger partial charge in [-0.2, -0.15) is 0 Å². The van der Waals surface area contributed by atoms with Gasteiger partial charge in [0.15, 0.2) is 0 Å². The van der Waals surface area contributed by atoms with Crippen LogP contribution in [0.15, 0.2) is 6.07 Å². The van der Waals surface area contributed by atoms with E-state index in [1.165, 1.54) is 25.7 Å². The summed E-state index contributed by atoms with van der Waals surface area (Å²) in [6, 6.07) is 2.37. The lowest BCUT2D eigenvalue weighted by atomic mass is 9.87. The molecule has 1 aliphatic rings. The zero-order chi connectivity index (χ0) is 13.0. The maximum absolute atomic E-state index is 6.04. The van der Waals surface area contributed by atoms with Crippen molar-refractivity contribution in [3.05, 3.63) is 17.0 Å². The first-order valence-corrected chi connectivity index (χ1v) is 7.35. The lowest BCUT2D eigenvalue weighted by Gasteiger charge is -2.27. The number of aromatic nitrogens is 2. The lowest BCUT2D eigenvalue weighted by molar-refractivity contribution is 0.358. The largest absolute Gasteiger partial charge is 0.367 e. The maximum Gasteiger partial charge on any atom is 0.134 e. The second-order valence-electron chi connectivity index (χ2n) is 5.36. The predicted molar refractivity (Wildman–Crippen MR) is 76.1 cm³/mol. The normalized spacial score (nSPS) is 23.9. The van der Waals surface area contributed by atoms with Crippen LogP contribution in [0.4, 0.5) is 5.82 Å². The van der Waals surface area contributed by atoms with Crippen molar-refractivity contribution in [3.8, 4) is 0 Å². The summed E-state index contributed by atoms with van der Waals surface area (Å²) in [7, 11) is 0. The first-order chi connectivity index (χ1) is 8.67. The molecule has 1 fully saturated rings. The van der Waals surface area contributed by atoms with Crippen LogP contribution in [0.2, 0.25) is 5.15 Å². The Morgan fingerprint density at radius 1 is 1.39 bits per heavy atom. The fourth-order valence-corrected chi connectivity index (χ4v) is 2.85. The quantitative estimate of drug-likeness (QED) is 0.836. The van der Waals surface area contributed by atoms with Gasteiger partial charge in [-0.3, -0.25) is 0 Å². The van der Waals surface area contributed by atoms with Gasteiger partial charge < -0.3 is 5.32 Å². The van der Waals surface area contributed by atoms with Crippen LogP contribution in [0.1, 0.15) is 51.8 Å². The molecule has 3 nitrogen and oxygen atoms in total. The van der Waals surface area contributed by atoms with E-state index in [0.29, 0.717) is 11.2 Å². The van der Waals surface area contributed by atoms with Gasteiger partial charge in [0.05, 0.1) is 0 Å². The second-order valence-corrected chi connectivity index (χ2v) is 5.74. The summed E-state index contributed by atoms with van der Waals surface area (Å²) in [5, 5.41) is 4.06. The van der Waals surface area contributed by atoms with Crippen molar-refractivity contribution in [3.63, 3.8) is 0 Å². The molecular formula is C14H22ClN3. The third kappa shape index (κ3) is 3.84. The minimum Gasteiger partial charge on any atom is -0.367 e. The third-order valence-corrected chi connectivity index (χ3v) is 3.70. The van der Waals surface area contributed by atoms with Crippen LogP contribution in [-0.2, 0) is 6.42 Å². The van der Waals surface area contributed by atoms with Crippen molar-refractivity contribution < 1.29 is 0 Å². The Hall–Kier alpha value is -0.830. The average molecular weight is 268 g/mol. The van der Waals surface area contributed by atoms with Crippen LogP contribution < -0.4 is 5.32 Å². The molecule has 4 heteroatoms. The van der Waals surface area contributed by atoms with E-state index in [9.17, 15) is 0 Å². The number of rotatable bonds is 4. The van der Waals surface area contributed by atoms with E-state index in [4.69, 9.17) is 11.6 Å². The van der Waals surface area contributed by atoms with Crippen molar-refractivity contribution in [2.75, 3.05) is 5.32 Å². The molecule has 0 aliphatic heterocycles. The Bertz CT molecular complexity index is 395. The van der Waals surface area contributed by atoms with E-state index in [-0.39, 0.29) is 0 Å². The number of hydrogen-bond acceptors (Lipinski definition) is 3. The number of anilines is 1. The first-order valence-electron chi connectivity index (χ1n) is 6.97. The van der Waals surface area contributed by atoms with Crippen LogP contribution in [0, 0.1) is 5.92 Å². The molecule has 1 aliphatic carbocycles. The van der Waals surface area contributed by atoms with Gasteiger partial charge >= 0.3 is 0 Å². The van der Waals surface area contributed by atoms with Crippen molar-refractivity contribution in [1.82, 2.24) is 9.97 Å². The van der Waals surface area contributed by atoms with Gasteiger partial charge in [0.1, 0.15) is 16.8 Å². The summed E-state index contributed by atoms with van der Waals surface area (Å²) < 4.78 is 0. The van der Waals surface area contributed by atoms with Gasteiger partial charge in [0.25, 0.3) is 0 Å². The summed E-state index contributed by atoms with van der Waals surface area (Å²) in [5.74, 6) is 2.54. The average Bonchev–Trinajstić information content (AvgIpc) is 2.28. The van der Waals surface area contributed by atoms with Crippen LogP contribution >= 0.6 is 11.6 Å². The lowest BCUT2D eigenvalue weighted by Crippen LogP contribution is -2.26. The highest BCUT2D eigenvalue weighted by molar-refractivity contribution is 6.29. The molecule has 0 amide bonds. The fraction of sp³-hybridized carbons (Fsp3) is 0.714. The van der Waals surface area contributed by atoms with Crippen LogP contribution in [0.25, 0.3) is 0 Å². The number of hydrogen-bond donors (Lipinski definition) is 1.